The van der Waals surface area contributed by atoms with Crippen molar-refractivity contribution in [2.24, 2.45) is 5.92 Å². The maximum atomic E-state index is 9.01. The molecule has 1 fully saturated rings. The number of hydrogen-bond acceptors (Lipinski definition) is 2. The SMILES string of the molecule is CC[C@H](CO)N[C@H]1CCC[C@H]1C. The van der Waals surface area contributed by atoms with Gasteiger partial charge >= 0.3 is 0 Å². The first kappa shape index (κ1) is 10.0. The molecule has 1 aliphatic rings. The van der Waals surface area contributed by atoms with Crippen LogP contribution < -0.4 is 5.32 Å². The molecule has 0 aliphatic heterocycles. The first-order valence-electron chi connectivity index (χ1n) is 5.14. The minimum absolute atomic E-state index is 0.278. The number of aliphatic hydroxyl groups excluding tert-OH is 1. The summed E-state index contributed by atoms with van der Waals surface area (Å²) in [5, 5.41) is 12.5. The molecule has 72 valence electrons. The monoisotopic (exact) mass is 171 g/mol. The standard InChI is InChI=1S/C10H21NO/c1-3-9(7-12)11-10-6-4-5-8(10)2/h8-12H,3-7H2,1-2H3/t8-,9-,10+/m1/s1. The van der Waals surface area contributed by atoms with Gasteiger partial charge in [0.1, 0.15) is 0 Å². The van der Waals surface area contributed by atoms with Crippen LogP contribution in [0.15, 0.2) is 0 Å². The molecular formula is C10H21NO. The molecular weight excluding hydrogens is 150 g/mol. The Bertz CT molecular complexity index is 123. The number of nitrogens with one attached hydrogen (secondary N) is 1. The second-order valence-corrected chi connectivity index (χ2v) is 3.97. The molecule has 0 aromatic carbocycles. The van der Waals surface area contributed by atoms with Gasteiger partial charge < -0.3 is 10.4 Å². The molecule has 0 saturated heterocycles. The van der Waals surface area contributed by atoms with Crippen LogP contribution >= 0.6 is 0 Å². The van der Waals surface area contributed by atoms with Gasteiger partial charge in [0.15, 0.2) is 0 Å². The van der Waals surface area contributed by atoms with Crippen molar-refractivity contribution in [2.75, 3.05) is 6.61 Å². The Morgan fingerprint density at radius 3 is 2.67 bits per heavy atom. The highest BCUT2D eigenvalue weighted by Gasteiger charge is 2.24. The highest BCUT2D eigenvalue weighted by molar-refractivity contribution is 4.82. The highest BCUT2D eigenvalue weighted by atomic mass is 16.3. The Kier molecular flexibility index (Phi) is 4.02. The van der Waals surface area contributed by atoms with Crippen molar-refractivity contribution in [3.05, 3.63) is 0 Å². The summed E-state index contributed by atoms with van der Waals surface area (Å²) in [6, 6.07) is 0.970. The van der Waals surface area contributed by atoms with E-state index in [0.29, 0.717) is 12.1 Å². The van der Waals surface area contributed by atoms with E-state index >= 15 is 0 Å². The molecule has 2 heteroatoms. The van der Waals surface area contributed by atoms with Crippen LogP contribution in [-0.2, 0) is 0 Å². The normalized spacial score (nSPS) is 32.2. The van der Waals surface area contributed by atoms with Gasteiger partial charge in [-0.05, 0) is 25.2 Å². The molecule has 0 bridgehead atoms. The molecule has 0 spiro atoms. The lowest BCUT2D eigenvalue weighted by Gasteiger charge is -2.23. The largest absolute Gasteiger partial charge is 0.395 e. The topological polar surface area (TPSA) is 32.3 Å². The van der Waals surface area contributed by atoms with E-state index in [0.717, 1.165) is 12.3 Å². The van der Waals surface area contributed by atoms with Crippen molar-refractivity contribution in [3.63, 3.8) is 0 Å². The summed E-state index contributed by atoms with van der Waals surface area (Å²) in [6.07, 6.45) is 5.01. The Balaban J connectivity index is 2.28. The van der Waals surface area contributed by atoms with Crippen molar-refractivity contribution in [3.8, 4) is 0 Å². The van der Waals surface area contributed by atoms with Gasteiger partial charge in [0, 0.05) is 12.1 Å². The van der Waals surface area contributed by atoms with E-state index in [1.165, 1.54) is 19.3 Å². The van der Waals surface area contributed by atoms with Gasteiger partial charge in [-0.3, -0.25) is 0 Å². The van der Waals surface area contributed by atoms with Crippen LogP contribution in [0, 0.1) is 5.92 Å². The first-order chi connectivity index (χ1) is 5.77. The smallest absolute Gasteiger partial charge is 0.0584 e. The molecule has 1 rings (SSSR count). The maximum absolute atomic E-state index is 9.01. The Hall–Kier alpha value is -0.0800. The third-order valence-electron chi connectivity index (χ3n) is 3.02. The van der Waals surface area contributed by atoms with Gasteiger partial charge in [0.05, 0.1) is 6.61 Å². The van der Waals surface area contributed by atoms with E-state index in [1.54, 1.807) is 0 Å². The van der Waals surface area contributed by atoms with Gasteiger partial charge in [-0.2, -0.15) is 0 Å². The summed E-state index contributed by atoms with van der Waals surface area (Å²) < 4.78 is 0. The maximum Gasteiger partial charge on any atom is 0.0584 e. The summed E-state index contributed by atoms with van der Waals surface area (Å²) in [6.45, 7) is 4.70. The van der Waals surface area contributed by atoms with E-state index in [2.05, 4.69) is 19.2 Å². The van der Waals surface area contributed by atoms with Crippen LogP contribution in [0.3, 0.4) is 0 Å². The fourth-order valence-electron chi connectivity index (χ4n) is 2.00. The fraction of sp³-hybridized carbons (Fsp3) is 1.00. The van der Waals surface area contributed by atoms with Gasteiger partial charge in [0.25, 0.3) is 0 Å². The third kappa shape index (κ3) is 2.46. The molecule has 0 unspecified atom stereocenters. The Labute approximate surface area is 75.4 Å². The zero-order valence-corrected chi connectivity index (χ0v) is 8.21. The molecule has 1 aliphatic carbocycles. The molecule has 0 amide bonds. The summed E-state index contributed by atoms with van der Waals surface area (Å²) in [4.78, 5) is 0. The summed E-state index contributed by atoms with van der Waals surface area (Å²) >= 11 is 0. The average Bonchev–Trinajstić information content (AvgIpc) is 2.47. The summed E-state index contributed by atoms with van der Waals surface area (Å²) in [5.74, 6) is 0.797. The lowest BCUT2D eigenvalue weighted by atomic mass is 10.0. The highest BCUT2D eigenvalue weighted by Crippen LogP contribution is 2.25. The van der Waals surface area contributed by atoms with E-state index in [-0.39, 0.29) is 6.61 Å². The molecule has 0 heterocycles. The molecule has 0 radical (unpaired) electrons. The molecule has 2 nitrogen and oxygen atoms in total. The van der Waals surface area contributed by atoms with Crippen LogP contribution in [0.1, 0.15) is 39.5 Å². The minimum Gasteiger partial charge on any atom is -0.395 e. The quantitative estimate of drug-likeness (QED) is 0.672. The predicted octanol–water partition coefficient (Wildman–Crippen LogP) is 1.54. The molecule has 0 aromatic heterocycles. The van der Waals surface area contributed by atoms with Crippen LogP contribution in [0.4, 0.5) is 0 Å². The molecule has 12 heavy (non-hydrogen) atoms. The van der Waals surface area contributed by atoms with Crippen LogP contribution in [-0.4, -0.2) is 23.8 Å². The van der Waals surface area contributed by atoms with Crippen LogP contribution in [0.5, 0.6) is 0 Å². The Morgan fingerprint density at radius 1 is 1.50 bits per heavy atom. The van der Waals surface area contributed by atoms with E-state index in [9.17, 15) is 0 Å². The molecule has 2 N–H and O–H groups in total. The molecule has 1 saturated carbocycles. The first-order valence-corrected chi connectivity index (χ1v) is 5.14. The number of aliphatic hydroxyl groups is 1. The van der Waals surface area contributed by atoms with Gasteiger partial charge in [-0.25, -0.2) is 0 Å². The summed E-state index contributed by atoms with van der Waals surface area (Å²) in [5.41, 5.74) is 0. The van der Waals surface area contributed by atoms with Crippen LogP contribution in [0.2, 0.25) is 0 Å². The van der Waals surface area contributed by atoms with Crippen LogP contribution in [0.25, 0.3) is 0 Å². The van der Waals surface area contributed by atoms with Gasteiger partial charge in [0.2, 0.25) is 0 Å². The van der Waals surface area contributed by atoms with Gasteiger partial charge in [-0.15, -0.1) is 0 Å². The van der Waals surface area contributed by atoms with Crippen molar-refractivity contribution in [1.29, 1.82) is 0 Å². The predicted molar refractivity (Wildman–Crippen MR) is 51.1 cm³/mol. The fourth-order valence-corrected chi connectivity index (χ4v) is 2.00. The van der Waals surface area contributed by atoms with Crippen molar-refractivity contribution in [2.45, 2.75) is 51.6 Å². The number of hydrogen-bond donors (Lipinski definition) is 2. The average molecular weight is 171 g/mol. The second-order valence-electron chi connectivity index (χ2n) is 3.97. The van der Waals surface area contributed by atoms with Crippen molar-refractivity contribution in [1.82, 2.24) is 5.32 Å². The lowest BCUT2D eigenvalue weighted by molar-refractivity contribution is 0.219. The van der Waals surface area contributed by atoms with Crippen molar-refractivity contribution >= 4 is 0 Å². The van der Waals surface area contributed by atoms with E-state index in [4.69, 9.17) is 5.11 Å². The van der Waals surface area contributed by atoms with Gasteiger partial charge in [-0.1, -0.05) is 20.3 Å². The zero-order chi connectivity index (χ0) is 8.97. The lowest BCUT2D eigenvalue weighted by Crippen LogP contribution is -2.41. The zero-order valence-electron chi connectivity index (χ0n) is 8.21. The number of rotatable bonds is 4. The Morgan fingerprint density at radius 2 is 2.25 bits per heavy atom. The third-order valence-corrected chi connectivity index (χ3v) is 3.02. The van der Waals surface area contributed by atoms with Crippen molar-refractivity contribution < 1.29 is 5.11 Å². The summed E-state index contributed by atoms with van der Waals surface area (Å²) in [7, 11) is 0. The minimum atomic E-state index is 0.278. The molecule has 3 atom stereocenters. The van der Waals surface area contributed by atoms with E-state index in [1.807, 2.05) is 0 Å². The second kappa shape index (κ2) is 4.83. The van der Waals surface area contributed by atoms with E-state index < -0.39 is 0 Å². The molecule has 0 aromatic rings.